The van der Waals surface area contributed by atoms with Crippen molar-refractivity contribution in [1.82, 2.24) is 9.88 Å². The summed E-state index contributed by atoms with van der Waals surface area (Å²) in [7, 11) is 3.10. The summed E-state index contributed by atoms with van der Waals surface area (Å²) < 4.78 is 0. The number of amides is 1. The molecule has 0 radical (unpaired) electrons. The molecular formula is C27H28ClN3O7. The van der Waals surface area contributed by atoms with E-state index in [2.05, 4.69) is 4.98 Å². The lowest BCUT2D eigenvalue weighted by Gasteiger charge is -2.50. The number of phenolic OH excluding ortho intramolecular Hbond substituents is 1. The van der Waals surface area contributed by atoms with Crippen molar-refractivity contribution in [3.63, 3.8) is 0 Å². The van der Waals surface area contributed by atoms with Crippen LogP contribution < -0.4 is 5.73 Å². The van der Waals surface area contributed by atoms with E-state index in [0.29, 0.717) is 21.7 Å². The van der Waals surface area contributed by atoms with Gasteiger partial charge < -0.3 is 26.2 Å². The molecule has 2 aromatic rings. The summed E-state index contributed by atoms with van der Waals surface area (Å²) >= 11 is 6.37. The van der Waals surface area contributed by atoms with Gasteiger partial charge in [-0.15, -0.1) is 0 Å². The van der Waals surface area contributed by atoms with E-state index in [1.165, 1.54) is 17.2 Å². The monoisotopic (exact) mass is 541 g/mol. The number of ketones is 2. The van der Waals surface area contributed by atoms with Crippen LogP contribution >= 0.6 is 11.6 Å². The lowest BCUT2D eigenvalue weighted by atomic mass is 9.57. The van der Waals surface area contributed by atoms with Gasteiger partial charge in [0.2, 0.25) is 5.78 Å². The molecule has 3 aliphatic rings. The van der Waals surface area contributed by atoms with Crippen molar-refractivity contribution >= 4 is 34.8 Å². The number of benzene rings is 1. The molecule has 1 amide bonds. The number of rotatable bonds is 3. The molecular weight excluding hydrogens is 514 g/mol. The second-order valence-electron chi connectivity index (χ2n) is 9.80. The molecule has 11 heteroatoms. The third-order valence-corrected chi connectivity index (χ3v) is 7.97. The minimum Gasteiger partial charge on any atom is -0.508 e. The summed E-state index contributed by atoms with van der Waals surface area (Å²) in [6.45, 7) is 0. The Morgan fingerprint density at radius 1 is 1.16 bits per heavy atom. The third-order valence-electron chi connectivity index (χ3n) is 7.67. The third kappa shape index (κ3) is 3.55. The summed E-state index contributed by atoms with van der Waals surface area (Å²) in [6.07, 6.45) is 3.18. The van der Waals surface area contributed by atoms with E-state index >= 15 is 0 Å². The molecule has 1 saturated carbocycles. The van der Waals surface area contributed by atoms with Gasteiger partial charge in [0, 0.05) is 29.4 Å². The minimum atomic E-state index is -2.67. The van der Waals surface area contributed by atoms with E-state index < -0.39 is 58.0 Å². The average Bonchev–Trinajstić information content (AvgIpc) is 2.82. The number of likely N-dealkylation sites (N-methyl/N-ethyl adjacent to an activating group) is 1. The molecule has 5 rings (SSSR count). The molecule has 38 heavy (non-hydrogen) atoms. The summed E-state index contributed by atoms with van der Waals surface area (Å²) in [4.78, 5) is 44.5. The van der Waals surface area contributed by atoms with Crippen molar-refractivity contribution in [2.24, 2.45) is 17.6 Å². The zero-order valence-corrected chi connectivity index (χ0v) is 20.7. The van der Waals surface area contributed by atoms with Crippen molar-refractivity contribution < 1.29 is 34.8 Å². The number of hydrogen-bond donors (Lipinski definition) is 5. The Kier molecular flexibility index (Phi) is 6.63. The molecule has 200 valence electrons. The van der Waals surface area contributed by atoms with Crippen LogP contribution in [0.25, 0.3) is 16.9 Å². The van der Waals surface area contributed by atoms with Crippen molar-refractivity contribution in [1.29, 1.82) is 0 Å². The summed E-state index contributed by atoms with van der Waals surface area (Å²) in [5.41, 5.74) is 3.35. The zero-order valence-electron chi connectivity index (χ0n) is 19.9. The van der Waals surface area contributed by atoms with Gasteiger partial charge in [0.25, 0.3) is 5.91 Å². The number of halogens is 1. The van der Waals surface area contributed by atoms with Crippen LogP contribution in [0.5, 0.6) is 5.75 Å². The molecule has 1 fully saturated rings. The Balaban J connectivity index is 0.00000336. The van der Waals surface area contributed by atoms with Crippen molar-refractivity contribution in [2.75, 3.05) is 14.1 Å². The maximum atomic E-state index is 13.9. The Bertz CT molecular complexity index is 1460. The number of hydrogen-bond acceptors (Lipinski definition) is 9. The molecule has 4 atom stereocenters. The number of aromatic hydroxyl groups is 1. The van der Waals surface area contributed by atoms with Gasteiger partial charge in [0.1, 0.15) is 22.8 Å². The highest BCUT2D eigenvalue weighted by molar-refractivity contribution is 6.33. The van der Waals surface area contributed by atoms with Crippen LogP contribution in [0.4, 0.5) is 0 Å². The lowest BCUT2D eigenvalue weighted by Crippen LogP contribution is -2.65. The number of aliphatic hydroxyl groups excluding tert-OH is 2. The van der Waals surface area contributed by atoms with Crippen LogP contribution in [-0.2, 0) is 20.8 Å². The molecule has 0 spiro atoms. The second-order valence-corrected chi connectivity index (χ2v) is 10.2. The van der Waals surface area contributed by atoms with Crippen molar-refractivity contribution in [3.05, 3.63) is 63.6 Å². The van der Waals surface area contributed by atoms with Gasteiger partial charge in [-0.25, -0.2) is 0 Å². The fourth-order valence-corrected chi connectivity index (χ4v) is 6.31. The van der Waals surface area contributed by atoms with Gasteiger partial charge in [0.15, 0.2) is 11.4 Å². The van der Waals surface area contributed by atoms with E-state index in [4.69, 9.17) is 17.3 Å². The Morgan fingerprint density at radius 2 is 1.84 bits per heavy atom. The van der Waals surface area contributed by atoms with E-state index in [9.17, 15) is 34.8 Å². The molecule has 0 saturated heterocycles. The maximum Gasteiger partial charge on any atom is 0.255 e. The number of aromatic nitrogens is 1. The Labute approximate surface area is 223 Å². The first-order valence-electron chi connectivity index (χ1n) is 11.5. The molecule has 1 aromatic heterocycles. The number of primary amides is 1. The normalized spacial score (nSPS) is 26.5. The van der Waals surface area contributed by atoms with Crippen LogP contribution in [0.15, 0.2) is 47.5 Å². The maximum absolute atomic E-state index is 13.9. The van der Waals surface area contributed by atoms with Crippen LogP contribution in [-0.4, -0.2) is 73.5 Å². The van der Waals surface area contributed by atoms with Gasteiger partial charge in [-0.1, -0.05) is 25.1 Å². The topological polar surface area (TPSA) is 174 Å². The fourth-order valence-electron chi connectivity index (χ4n) is 6.09. The molecule has 10 nitrogen and oxygen atoms in total. The van der Waals surface area contributed by atoms with Gasteiger partial charge >= 0.3 is 0 Å². The van der Waals surface area contributed by atoms with Crippen LogP contribution in [0.3, 0.4) is 0 Å². The van der Waals surface area contributed by atoms with Gasteiger partial charge in [-0.3, -0.25) is 24.3 Å². The highest BCUT2D eigenvalue weighted by atomic mass is 35.5. The van der Waals surface area contributed by atoms with Crippen molar-refractivity contribution in [2.45, 2.75) is 31.9 Å². The molecule has 0 unspecified atom stereocenters. The minimum absolute atomic E-state index is 0. The number of nitrogens with zero attached hydrogens (tertiary/aromatic N) is 2. The standard InChI is InChI=1S/C26H24ClN3O7.CH4/c1-30(2)20-14-8-10-7-13-11(12-5-6-29-9-15(12)27)3-4-16(31)18(13)21(32)17(10)23(34)26(14,37)24(35)19(22(20)33)25(28)36;/h3-6,9-10,14,20,31-32,35,37H,7-8H2,1-2H3,(H2,28,36);1H4/t10-,14-,20-,26-;/m0./s1. The quantitative estimate of drug-likeness (QED) is 0.365. The molecule has 0 aliphatic heterocycles. The fraction of sp³-hybridized carbons (Fsp3) is 0.333. The van der Waals surface area contributed by atoms with E-state index in [-0.39, 0.29) is 37.2 Å². The number of carbonyl (C=O) groups excluding carboxylic acids is 3. The first kappa shape index (κ1) is 27.3. The van der Waals surface area contributed by atoms with E-state index in [1.807, 2.05) is 0 Å². The summed E-state index contributed by atoms with van der Waals surface area (Å²) in [5.74, 6) is -6.92. The molecule has 1 heterocycles. The van der Waals surface area contributed by atoms with Gasteiger partial charge in [0.05, 0.1) is 16.6 Å². The van der Waals surface area contributed by atoms with Gasteiger partial charge in [-0.2, -0.15) is 0 Å². The summed E-state index contributed by atoms with van der Waals surface area (Å²) in [6, 6.07) is 3.55. The van der Waals surface area contributed by atoms with Crippen LogP contribution in [0.2, 0.25) is 5.02 Å². The van der Waals surface area contributed by atoms with E-state index in [1.54, 1.807) is 32.4 Å². The zero-order chi connectivity index (χ0) is 27.0. The highest BCUT2D eigenvalue weighted by Crippen LogP contribution is 2.53. The number of pyridine rings is 1. The predicted octanol–water partition coefficient (Wildman–Crippen LogP) is 2.32. The number of nitrogens with two attached hydrogens (primary N) is 1. The number of aliphatic hydroxyl groups is 3. The number of phenols is 1. The molecule has 6 N–H and O–H groups in total. The van der Waals surface area contributed by atoms with Gasteiger partial charge in [-0.05, 0) is 56.1 Å². The smallest absolute Gasteiger partial charge is 0.255 e. The Morgan fingerprint density at radius 3 is 2.45 bits per heavy atom. The number of Topliss-reactive ketones (excluding diaryl/α,β-unsaturated/α-hetero) is 2. The van der Waals surface area contributed by atoms with Crippen LogP contribution in [0, 0.1) is 11.8 Å². The predicted molar refractivity (Wildman–Crippen MR) is 139 cm³/mol. The SMILES string of the molecule is C.CN(C)[C@@H]1C(=O)C(C(N)=O)=C(O)[C@@]2(O)C(=O)C3=C(O)c4c(O)ccc(-c5ccncc5Cl)c4C[C@H]3C[C@@H]12. The number of fused-ring (bicyclic) bond motifs is 3. The average molecular weight is 542 g/mol. The van der Waals surface area contributed by atoms with E-state index in [0.717, 1.165) is 0 Å². The molecule has 0 bridgehead atoms. The molecule has 3 aliphatic carbocycles. The molecule has 1 aromatic carbocycles. The Hall–Kier alpha value is -3.73. The van der Waals surface area contributed by atoms with Crippen molar-refractivity contribution in [3.8, 4) is 16.9 Å². The van der Waals surface area contributed by atoms with Crippen LogP contribution in [0.1, 0.15) is 25.0 Å². The first-order chi connectivity index (χ1) is 17.4. The highest BCUT2D eigenvalue weighted by Gasteiger charge is 2.64. The largest absolute Gasteiger partial charge is 0.508 e. The second kappa shape index (κ2) is 9.23. The first-order valence-corrected chi connectivity index (χ1v) is 11.9. The summed E-state index contributed by atoms with van der Waals surface area (Å²) in [5, 5.41) is 44.9. The number of carbonyl (C=O) groups is 3. The lowest BCUT2D eigenvalue weighted by molar-refractivity contribution is -0.153.